The van der Waals surface area contributed by atoms with E-state index in [4.69, 9.17) is 4.74 Å². The van der Waals surface area contributed by atoms with Crippen LogP contribution < -0.4 is 9.46 Å². The van der Waals surface area contributed by atoms with Crippen molar-refractivity contribution >= 4 is 31.6 Å². The van der Waals surface area contributed by atoms with E-state index in [1.807, 2.05) is 6.92 Å². The molecule has 0 aromatic heterocycles. The molecule has 2 aromatic rings. The van der Waals surface area contributed by atoms with Gasteiger partial charge in [0.2, 0.25) is 26.0 Å². The Morgan fingerprint density at radius 3 is 2.43 bits per heavy atom. The van der Waals surface area contributed by atoms with Gasteiger partial charge in [0, 0.05) is 30.8 Å². The van der Waals surface area contributed by atoms with Crippen molar-refractivity contribution in [3.63, 3.8) is 0 Å². The summed E-state index contributed by atoms with van der Waals surface area (Å²) >= 11 is 0. The Kier molecular flexibility index (Phi) is 8.83. The molecule has 1 aliphatic rings. The van der Waals surface area contributed by atoms with Gasteiger partial charge in [-0.2, -0.15) is 4.31 Å². The van der Waals surface area contributed by atoms with E-state index in [0.29, 0.717) is 11.3 Å². The molecule has 2 N–H and O–H groups in total. The van der Waals surface area contributed by atoms with E-state index in [0.717, 1.165) is 22.7 Å². The molecule has 1 heterocycles. The van der Waals surface area contributed by atoms with Crippen molar-refractivity contribution < 1.29 is 35.9 Å². The smallest absolute Gasteiger partial charge is 0.242 e. The quantitative estimate of drug-likeness (QED) is 0.504. The molecule has 0 bridgehead atoms. The van der Waals surface area contributed by atoms with E-state index in [2.05, 4.69) is 4.72 Å². The van der Waals surface area contributed by atoms with Crippen LogP contribution >= 0.6 is 0 Å². The van der Waals surface area contributed by atoms with Crippen LogP contribution in [0.2, 0.25) is 0 Å². The van der Waals surface area contributed by atoms with Gasteiger partial charge in [-0.25, -0.2) is 21.2 Å². The van der Waals surface area contributed by atoms with Crippen molar-refractivity contribution in [2.24, 2.45) is 5.92 Å². The number of halogens is 1. The third kappa shape index (κ3) is 7.18. The molecule has 0 spiro atoms. The fourth-order valence-electron chi connectivity index (χ4n) is 4.06. The molecule has 3 atom stereocenters. The predicted octanol–water partition coefficient (Wildman–Crippen LogP) is 1.67. The number of aliphatic hydroxyl groups excluding tert-OH is 1. The number of carbonyl (C=O) groups excluding carboxylic acids is 1. The summed E-state index contributed by atoms with van der Waals surface area (Å²) in [4.78, 5) is 14.7. The third-order valence-corrected chi connectivity index (χ3v) is 8.62. The van der Waals surface area contributed by atoms with Gasteiger partial charge in [-0.15, -0.1) is 0 Å². The van der Waals surface area contributed by atoms with Gasteiger partial charge in [0.25, 0.3) is 0 Å². The molecule has 1 amide bonds. The van der Waals surface area contributed by atoms with E-state index in [1.54, 1.807) is 6.92 Å². The zero-order valence-electron chi connectivity index (χ0n) is 21.1. The summed E-state index contributed by atoms with van der Waals surface area (Å²) in [5.74, 6) is -0.888. The first-order chi connectivity index (χ1) is 17.2. The maximum Gasteiger partial charge on any atom is 0.242 e. The molecule has 10 nitrogen and oxygen atoms in total. The van der Waals surface area contributed by atoms with Crippen LogP contribution in [0.15, 0.2) is 47.4 Å². The number of likely N-dealkylation sites (N-methyl/N-ethyl adjacent to an activating group) is 1. The maximum absolute atomic E-state index is 13.3. The van der Waals surface area contributed by atoms with Gasteiger partial charge >= 0.3 is 0 Å². The Bertz CT molecular complexity index is 1330. The average Bonchev–Trinajstić information content (AvgIpc) is 2.85. The number of benzene rings is 2. The van der Waals surface area contributed by atoms with Crippen LogP contribution in [0.3, 0.4) is 0 Å². The van der Waals surface area contributed by atoms with Crippen molar-refractivity contribution in [2.45, 2.75) is 37.3 Å². The molecule has 0 saturated carbocycles. The Hall–Kier alpha value is -2.74. The summed E-state index contributed by atoms with van der Waals surface area (Å²) in [5.41, 5.74) is 0.663. The number of hydrogen-bond donors (Lipinski definition) is 2. The van der Waals surface area contributed by atoms with Crippen molar-refractivity contribution in [1.82, 2.24) is 9.21 Å². The summed E-state index contributed by atoms with van der Waals surface area (Å²) in [5, 5.41) is 9.74. The van der Waals surface area contributed by atoms with Crippen molar-refractivity contribution in [1.29, 1.82) is 0 Å². The van der Waals surface area contributed by atoms with E-state index < -0.39 is 38.0 Å². The highest BCUT2D eigenvalue weighted by Gasteiger charge is 2.33. The Balaban J connectivity index is 1.99. The van der Waals surface area contributed by atoms with Gasteiger partial charge in [0.05, 0.1) is 36.8 Å². The van der Waals surface area contributed by atoms with Crippen LogP contribution in [0, 0.1) is 11.7 Å². The van der Waals surface area contributed by atoms with Gasteiger partial charge in [-0.3, -0.25) is 9.52 Å². The van der Waals surface area contributed by atoms with Gasteiger partial charge in [-0.05, 0) is 49.4 Å². The number of amides is 1. The number of ether oxygens (including phenoxy) is 1. The molecule has 0 aliphatic carbocycles. The first kappa shape index (κ1) is 28.8. The van der Waals surface area contributed by atoms with Crippen LogP contribution in [-0.2, 0) is 31.3 Å². The number of nitrogens with one attached hydrogen (secondary N) is 1. The number of aliphatic hydroxyl groups is 1. The lowest BCUT2D eigenvalue weighted by molar-refractivity contribution is -0.134. The van der Waals surface area contributed by atoms with Crippen molar-refractivity contribution in [2.75, 3.05) is 37.7 Å². The lowest BCUT2D eigenvalue weighted by Gasteiger charge is -2.33. The highest BCUT2D eigenvalue weighted by atomic mass is 32.2. The van der Waals surface area contributed by atoms with Crippen molar-refractivity contribution in [3.8, 4) is 5.75 Å². The minimum Gasteiger partial charge on any atom is -0.488 e. The number of nitrogens with zero attached hydrogens (tertiary/aromatic N) is 2. The second-order valence-electron chi connectivity index (χ2n) is 9.32. The predicted molar refractivity (Wildman–Crippen MR) is 137 cm³/mol. The normalized spacial score (nSPS) is 19.9. The van der Waals surface area contributed by atoms with E-state index >= 15 is 0 Å². The molecule has 3 rings (SSSR count). The molecule has 204 valence electrons. The van der Waals surface area contributed by atoms with Gasteiger partial charge in [-0.1, -0.05) is 6.92 Å². The molecule has 37 heavy (non-hydrogen) atoms. The summed E-state index contributed by atoms with van der Waals surface area (Å²) in [6, 6.07) is 8.53. The lowest BCUT2D eigenvalue weighted by atomic mass is 10.0. The second-order valence-corrected chi connectivity index (χ2v) is 13.1. The third-order valence-electron chi connectivity index (χ3n) is 6.18. The molecule has 1 aliphatic heterocycles. The molecule has 2 aromatic carbocycles. The molecule has 0 saturated heterocycles. The number of fused-ring (bicyclic) bond motifs is 1. The standard InChI is InChI=1S/C24H32FN3O7S2/c1-16-13-28(17(2)15-29)24(30)12-18-11-20(26-36(4,31)32)7-10-22(18)35-23(16)14-27(3)37(33,34)21-8-5-19(25)6-9-21/h5-11,16-17,23,26,29H,12-15H2,1-4H3/t16-,17-,23-/m0/s1. The summed E-state index contributed by atoms with van der Waals surface area (Å²) < 4.78 is 72.7. The lowest BCUT2D eigenvalue weighted by Crippen LogP contribution is -2.48. The van der Waals surface area contributed by atoms with Crippen LogP contribution in [0.25, 0.3) is 0 Å². The van der Waals surface area contributed by atoms with Gasteiger partial charge < -0.3 is 14.7 Å². The maximum atomic E-state index is 13.3. The molecule has 0 unspecified atom stereocenters. The Morgan fingerprint density at radius 2 is 1.84 bits per heavy atom. The molecule has 0 fully saturated rings. The molecule has 13 heteroatoms. The van der Waals surface area contributed by atoms with E-state index in [-0.39, 0.29) is 48.5 Å². The zero-order valence-corrected chi connectivity index (χ0v) is 22.7. The number of hydrogen-bond acceptors (Lipinski definition) is 7. The summed E-state index contributed by atoms with van der Waals surface area (Å²) in [6.07, 6.45) is 0.185. The Labute approximate surface area is 217 Å². The first-order valence-electron chi connectivity index (χ1n) is 11.6. The van der Waals surface area contributed by atoms with Crippen molar-refractivity contribution in [3.05, 3.63) is 53.8 Å². The minimum absolute atomic E-state index is 0.0743. The number of rotatable bonds is 8. The van der Waals surface area contributed by atoms with Crippen LogP contribution in [0.4, 0.5) is 10.1 Å². The highest BCUT2D eigenvalue weighted by Crippen LogP contribution is 2.30. The van der Waals surface area contributed by atoms with Gasteiger partial charge in [0.15, 0.2) is 0 Å². The topological polar surface area (TPSA) is 133 Å². The average molecular weight is 558 g/mol. The Morgan fingerprint density at radius 1 is 1.19 bits per heavy atom. The summed E-state index contributed by atoms with van der Waals surface area (Å²) in [7, 11) is -6.15. The molecule has 0 radical (unpaired) electrons. The molecular formula is C24H32FN3O7S2. The number of carbonyl (C=O) groups is 1. The zero-order chi connectivity index (χ0) is 27.5. The monoisotopic (exact) mass is 557 g/mol. The van der Waals surface area contributed by atoms with Crippen LogP contribution in [-0.4, -0.2) is 82.2 Å². The highest BCUT2D eigenvalue weighted by molar-refractivity contribution is 7.92. The van der Waals surface area contributed by atoms with E-state index in [9.17, 15) is 31.1 Å². The largest absolute Gasteiger partial charge is 0.488 e. The fraction of sp³-hybridized carbons (Fsp3) is 0.458. The molecular weight excluding hydrogens is 525 g/mol. The van der Waals surface area contributed by atoms with Crippen LogP contribution in [0.1, 0.15) is 19.4 Å². The minimum atomic E-state index is -3.97. The van der Waals surface area contributed by atoms with Crippen LogP contribution in [0.5, 0.6) is 5.75 Å². The first-order valence-corrected chi connectivity index (χ1v) is 14.9. The summed E-state index contributed by atoms with van der Waals surface area (Å²) in [6.45, 7) is 3.35. The number of sulfonamides is 2. The fourth-order valence-corrected chi connectivity index (χ4v) is 5.80. The second kappa shape index (κ2) is 11.3. The van der Waals surface area contributed by atoms with E-state index in [1.165, 1.54) is 42.3 Å². The number of anilines is 1. The van der Waals surface area contributed by atoms with Gasteiger partial charge in [0.1, 0.15) is 17.7 Å². The SMILES string of the molecule is C[C@H]1CN([C@@H](C)CO)C(=O)Cc2cc(NS(C)(=O)=O)ccc2O[C@H]1CN(C)S(=O)(=O)c1ccc(F)cc1.